The highest BCUT2D eigenvalue weighted by atomic mass is 15.2. The molecule has 1 aromatic rings. The lowest BCUT2D eigenvalue weighted by molar-refractivity contribution is 0.321. The Balaban J connectivity index is 2.31. The summed E-state index contributed by atoms with van der Waals surface area (Å²) in [6.07, 6.45) is 3.97. The van der Waals surface area contributed by atoms with Crippen LogP contribution in [-0.4, -0.2) is 24.4 Å². The van der Waals surface area contributed by atoms with E-state index in [1.807, 2.05) is 27.0 Å². The van der Waals surface area contributed by atoms with Gasteiger partial charge in [-0.3, -0.25) is 5.41 Å². The van der Waals surface area contributed by atoms with E-state index in [2.05, 4.69) is 9.88 Å². The maximum absolute atomic E-state index is 7.73. The van der Waals surface area contributed by atoms with Crippen molar-refractivity contribution >= 4 is 11.7 Å². The van der Waals surface area contributed by atoms with E-state index in [9.17, 15) is 0 Å². The molecule has 0 unspecified atom stereocenters. The zero-order valence-corrected chi connectivity index (χ0v) is 11.5. The van der Waals surface area contributed by atoms with Gasteiger partial charge in [0.2, 0.25) is 0 Å². The van der Waals surface area contributed by atoms with Crippen molar-refractivity contribution in [3.8, 4) is 0 Å². The SMILES string of the molecule is Cc1cc(C)c(C(=N)N)c(N(C)CC2CCC2)n1. The first-order chi connectivity index (χ1) is 8.49. The first-order valence-corrected chi connectivity index (χ1v) is 6.53. The van der Waals surface area contributed by atoms with Crippen molar-refractivity contribution in [1.82, 2.24) is 4.98 Å². The fourth-order valence-electron chi connectivity index (χ4n) is 2.58. The van der Waals surface area contributed by atoms with Crippen LogP contribution in [0.15, 0.2) is 6.07 Å². The summed E-state index contributed by atoms with van der Waals surface area (Å²) in [6.45, 7) is 4.99. The Morgan fingerprint density at radius 1 is 1.50 bits per heavy atom. The van der Waals surface area contributed by atoms with Crippen LogP contribution in [0, 0.1) is 25.2 Å². The number of aromatic nitrogens is 1. The molecule has 0 aromatic carbocycles. The minimum Gasteiger partial charge on any atom is -0.384 e. The van der Waals surface area contributed by atoms with Crippen molar-refractivity contribution in [3.63, 3.8) is 0 Å². The summed E-state index contributed by atoms with van der Waals surface area (Å²) in [6, 6.07) is 1.98. The summed E-state index contributed by atoms with van der Waals surface area (Å²) in [5.41, 5.74) is 8.49. The van der Waals surface area contributed by atoms with Crippen LogP contribution in [0.3, 0.4) is 0 Å². The highest BCUT2D eigenvalue weighted by Gasteiger charge is 2.22. The molecule has 0 spiro atoms. The molecule has 1 fully saturated rings. The number of hydrogen-bond donors (Lipinski definition) is 2. The second kappa shape index (κ2) is 4.96. The molecule has 18 heavy (non-hydrogen) atoms. The zero-order valence-electron chi connectivity index (χ0n) is 11.5. The smallest absolute Gasteiger partial charge is 0.139 e. The minimum atomic E-state index is 0.107. The normalized spacial score (nSPS) is 15.3. The molecular formula is C14H22N4. The monoisotopic (exact) mass is 246 g/mol. The van der Waals surface area contributed by atoms with Crippen molar-refractivity contribution in [2.45, 2.75) is 33.1 Å². The molecule has 1 aromatic heterocycles. The van der Waals surface area contributed by atoms with Gasteiger partial charge in [-0.05, 0) is 44.2 Å². The number of hydrogen-bond acceptors (Lipinski definition) is 3. The molecule has 0 aliphatic heterocycles. The molecule has 0 atom stereocenters. The third-order valence-corrected chi connectivity index (χ3v) is 3.71. The molecule has 2 rings (SSSR count). The van der Waals surface area contributed by atoms with E-state index < -0.39 is 0 Å². The van der Waals surface area contributed by atoms with Gasteiger partial charge in [0, 0.05) is 19.3 Å². The number of nitrogens with two attached hydrogens (primary N) is 1. The zero-order chi connectivity index (χ0) is 13.3. The summed E-state index contributed by atoms with van der Waals surface area (Å²) in [5.74, 6) is 1.74. The summed E-state index contributed by atoms with van der Waals surface area (Å²) >= 11 is 0. The molecule has 1 aliphatic carbocycles. The van der Waals surface area contributed by atoms with Crippen LogP contribution in [0.5, 0.6) is 0 Å². The molecule has 0 radical (unpaired) electrons. The molecule has 1 heterocycles. The predicted molar refractivity (Wildman–Crippen MR) is 75.3 cm³/mol. The number of nitrogens with zero attached hydrogens (tertiary/aromatic N) is 2. The molecule has 0 amide bonds. The van der Waals surface area contributed by atoms with Crippen LogP contribution in [0.1, 0.15) is 36.1 Å². The first-order valence-electron chi connectivity index (χ1n) is 6.53. The van der Waals surface area contributed by atoms with E-state index in [0.29, 0.717) is 0 Å². The van der Waals surface area contributed by atoms with Crippen molar-refractivity contribution < 1.29 is 0 Å². The van der Waals surface area contributed by atoms with Crippen LogP contribution >= 0.6 is 0 Å². The van der Waals surface area contributed by atoms with Gasteiger partial charge in [-0.15, -0.1) is 0 Å². The number of nitrogen functional groups attached to an aromatic ring is 1. The van der Waals surface area contributed by atoms with Gasteiger partial charge in [-0.1, -0.05) is 6.42 Å². The molecule has 3 N–H and O–H groups in total. The maximum Gasteiger partial charge on any atom is 0.139 e. The lowest BCUT2D eigenvalue weighted by Gasteiger charge is -2.32. The van der Waals surface area contributed by atoms with Crippen molar-refractivity contribution in [2.75, 3.05) is 18.5 Å². The number of rotatable bonds is 4. The van der Waals surface area contributed by atoms with Crippen molar-refractivity contribution in [3.05, 3.63) is 22.9 Å². The Hall–Kier alpha value is -1.58. The van der Waals surface area contributed by atoms with E-state index in [-0.39, 0.29) is 5.84 Å². The molecule has 1 aliphatic rings. The Bertz CT molecular complexity index is 463. The molecule has 4 nitrogen and oxygen atoms in total. The summed E-state index contributed by atoms with van der Waals surface area (Å²) in [4.78, 5) is 6.73. The highest BCUT2D eigenvalue weighted by Crippen LogP contribution is 2.29. The van der Waals surface area contributed by atoms with E-state index in [1.54, 1.807) is 0 Å². The third-order valence-electron chi connectivity index (χ3n) is 3.71. The third kappa shape index (κ3) is 2.47. The first kappa shape index (κ1) is 12.9. The van der Waals surface area contributed by atoms with Gasteiger partial charge in [0.25, 0.3) is 0 Å². The van der Waals surface area contributed by atoms with E-state index in [0.717, 1.165) is 35.1 Å². The Morgan fingerprint density at radius 2 is 2.17 bits per heavy atom. The van der Waals surface area contributed by atoms with Gasteiger partial charge in [-0.25, -0.2) is 4.98 Å². The number of aryl methyl sites for hydroxylation is 2. The van der Waals surface area contributed by atoms with Gasteiger partial charge < -0.3 is 10.6 Å². The highest BCUT2D eigenvalue weighted by molar-refractivity contribution is 6.01. The second-order valence-corrected chi connectivity index (χ2v) is 5.37. The summed E-state index contributed by atoms with van der Waals surface area (Å²) in [7, 11) is 2.05. The quantitative estimate of drug-likeness (QED) is 0.632. The van der Waals surface area contributed by atoms with Gasteiger partial charge >= 0.3 is 0 Å². The Morgan fingerprint density at radius 3 is 2.67 bits per heavy atom. The standard InChI is InChI=1S/C14H22N4/c1-9-7-10(2)17-14(12(9)13(15)16)18(3)8-11-5-4-6-11/h7,11H,4-6,8H2,1-3H3,(H3,15,16). The summed E-state index contributed by atoms with van der Waals surface area (Å²) in [5, 5.41) is 7.73. The molecule has 98 valence electrons. The fraction of sp³-hybridized carbons (Fsp3) is 0.571. The van der Waals surface area contributed by atoms with Gasteiger partial charge in [0.05, 0.1) is 5.56 Å². The van der Waals surface area contributed by atoms with Gasteiger partial charge in [0.15, 0.2) is 0 Å². The van der Waals surface area contributed by atoms with Crippen LogP contribution in [0.2, 0.25) is 0 Å². The van der Waals surface area contributed by atoms with Gasteiger partial charge in [0.1, 0.15) is 11.7 Å². The van der Waals surface area contributed by atoms with E-state index in [4.69, 9.17) is 11.1 Å². The number of nitrogens with one attached hydrogen (secondary N) is 1. The van der Waals surface area contributed by atoms with Crippen LogP contribution in [-0.2, 0) is 0 Å². The number of pyridine rings is 1. The largest absolute Gasteiger partial charge is 0.384 e. The van der Waals surface area contributed by atoms with Crippen molar-refractivity contribution in [1.29, 1.82) is 5.41 Å². The van der Waals surface area contributed by atoms with E-state index >= 15 is 0 Å². The summed E-state index contributed by atoms with van der Waals surface area (Å²) < 4.78 is 0. The molecule has 0 bridgehead atoms. The van der Waals surface area contributed by atoms with Gasteiger partial charge in [-0.2, -0.15) is 0 Å². The maximum atomic E-state index is 7.73. The number of amidine groups is 1. The average molecular weight is 246 g/mol. The molecule has 0 saturated heterocycles. The van der Waals surface area contributed by atoms with Crippen LogP contribution in [0.25, 0.3) is 0 Å². The molecule has 4 heteroatoms. The second-order valence-electron chi connectivity index (χ2n) is 5.37. The Kier molecular flexibility index (Phi) is 3.55. The van der Waals surface area contributed by atoms with E-state index in [1.165, 1.54) is 19.3 Å². The van der Waals surface area contributed by atoms with Crippen molar-refractivity contribution in [2.24, 2.45) is 11.7 Å². The van der Waals surface area contributed by atoms with Crippen LogP contribution < -0.4 is 10.6 Å². The number of anilines is 1. The van der Waals surface area contributed by atoms with Crippen LogP contribution in [0.4, 0.5) is 5.82 Å². The fourth-order valence-corrected chi connectivity index (χ4v) is 2.58. The average Bonchev–Trinajstić information content (AvgIpc) is 2.21. The molecule has 1 saturated carbocycles. The lowest BCUT2D eigenvalue weighted by Crippen LogP contribution is -2.32. The lowest BCUT2D eigenvalue weighted by atomic mass is 9.85. The minimum absolute atomic E-state index is 0.107. The topological polar surface area (TPSA) is 66.0 Å². The Labute approximate surface area is 109 Å². The predicted octanol–water partition coefficient (Wildman–Crippen LogP) is 2.22. The molecular weight excluding hydrogens is 224 g/mol.